The van der Waals surface area contributed by atoms with Crippen LogP contribution in [-0.2, 0) is 22.6 Å². The maximum absolute atomic E-state index is 11.3. The highest BCUT2D eigenvalue weighted by molar-refractivity contribution is 7.99. The molecule has 0 spiro atoms. The van der Waals surface area contributed by atoms with Gasteiger partial charge in [0.1, 0.15) is 6.73 Å². The minimum Gasteiger partial charge on any atom is -0.478 e. The Morgan fingerprint density at radius 3 is 2.76 bits per heavy atom. The first-order valence-corrected chi connectivity index (χ1v) is 11.6. The van der Waals surface area contributed by atoms with Crippen molar-refractivity contribution in [2.75, 3.05) is 26.1 Å². The zero-order valence-electron chi connectivity index (χ0n) is 18.0. The molecule has 0 bridgehead atoms. The summed E-state index contributed by atoms with van der Waals surface area (Å²) in [6.07, 6.45) is 3.64. The molecule has 0 aliphatic heterocycles. The maximum atomic E-state index is 11.3. The molecule has 172 valence electrons. The summed E-state index contributed by atoms with van der Waals surface area (Å²) < 4.78 is 14.0. The van der Waals surface area contributed by atoms with Crippen LogP contribution in [0.25, 0.3) is 17.0 Å². The van der Waals surface area contributed by atoms with E-state index in [-0.39, 0.29) is 12.3 Å². The van der Waals surface area contributed by atoms with Gasteiger partial charge in [0.25, 0.3) is 0 Å². The maximum Gasteiger partial charge on any atom is 0.338 e. The molecule has 2 aromatic carbocycles. The minimum absolute atomic E-state index is 0.0732. The highest BCUT2D eigenvalue weighted by Gasteiger charge is 2.17. The van der Waals surface area contributed by atoms with Crippen LogP contribution < -0.4 is 0 Å². The number of nitrogens with zero attached hydrogens (tertiary/aromatic N) is 4. The number of benzene rings is 2. The third-order valence-electron chi connectivity index (χ3n) is 4.96. The monoisotopic (exact) mass is 486 g/mol. The zero-order valence-corrected chi connectivity index (χ0v) is 19.6. The molecule has 0 atom stereocenters. The molecule has 0 radical (unpaired) electrons. The van der Waals surface area contributed by atoms with Gasteiger partial charge in [0.2, 0.25) is 5.95 Å². The molecule has 1 N–H and O–H groups in total. The molecule has 0 unspecified atom stereocenters. The molecular weight excluding hydrogens is 464 g/mol. The van der Waals surface area contributed by atoms with Gasteiger partial charge in [-0.2, -0.15) is 5.10 Å². The van der Waals surface area contributed by atoms with Crippen molar-refractivity contribution in [2.24, 2.45) is 0 Å². The van der Waals surface area contributed by atoms with Gasteiger partial charge < -0.3 is 14.6 Å². The molecule has 8 nitrogen and oxygen atoms in total. The number of carboxylic acid groups (broad SMARTS) is 1. The molecule has 10 heteroatoms. The molecule has 0 aliphatic carbocycles. The normalized spacial score (nSPS) is 11.3. The summed E-state index contributed by atoms with van der Waals surface area (Å²) in [6.45, 7) is 1.04. The molecule has 4 aromatic rings. The van der Waals surface area contributed by atoms with Crippen molar-refractivity contribution >= 4 is 40.4 Å². The SMILES string of the molecule is COCCOCn1c(-n2cc(C(=O)O)cn2)nc2cc(SCCc3ccccc3)c(Cl)cc21. The minimum atomic E-state index is -1.06. The van der Waals surface area contributed by atoms with E-state index in [1.807, 2.05) is 34.9 Å². The van der Waals surface area contributed by atoms with Crippen molar-refractivity contribution < 1.29 is 19.4 Å². The van der Waals surface area contributed by atoms with E-state index in [4.69, 9.17) is 26.1 Å². The Hall–Kier alpha value is -2.85. The summed E-state index contributed by atoms with van der Waals surface area (Å²) in [5.41, 5.74) is 2.84. The fourth-order valence-corrected chi connectivity index (χ4v) is 4.56. The van der Waals surface area contributed by atoms with Gasteiger partial charge in [-0.05, 0) is 24.1 Å². The number of carboxylic acids is 1. The third kappa shape index (κ3) is 5.56. The number of fused-ring (bicyclic) bond motifs is 1. The number of rotatable bonds is 11. The van der Waals surface area contributed by atoms with Crippen LogP contribution in [-0.4, -0.2) is 56.5 Å². The van der Waals surface area contributed by atoms with Crippen LogP contribution in [0.4, 0.5) is 0 Å². The van der Waals surface area contributed by atoms with Crippen LogP contribution in [0.1, 0.15) is 15.9 Å². The van der Waals surface area contributed by atoms with Gasteiger partial charge >= 0.3 is 5.97 Å². The van der Waals surface area contributed by atoms with Crippen molar-refractivity contribution in [3.8, 4) is 5.95 Å². The Morgan fingerprint density at radius 2 is 2.03 bits per heavy atom. The van der Waals surface area contributed by atoms with E-state index < -0.39 is 5.97 Å². The number of ether oxygens (including phenoxy) is 2. The van der Waals surface area contributed by atoms with Crippen LogP contribution in [0.5, 0.6) is 0 Å². The second kappa shape index (κ2) is 10.8. The Labute approximate surface area is 200 Å². The van der Waals surface area contributed by atoms with Gasteiger partial charge in [0.05, 0.1) is 41.0 Å². The number of thioether (sulfide) groups is 1. The number of aromatic nitrogens is 4. The Bertz CT molecular complexity index is 1240. The Morgan fingerprint density at radius 1 is 1.21 bits per heavy atom. The van der Waals surface area contributed by atoms with E-state index in [1.54, 1.807) is 18.9 Å². The van der Waals surface area contributed by atoms with Crippen LogP contribution in [0, 0.1) is 0 Å². The molecule has 4 rings (SSSR count). The number of carbonyl (C=O) groups is 1. The Kier molecular flexibility index (Phi) is 7.66. The molecule has 33 heavy (non-hydrogen) atoms. The van der Waals surface area contributed by atoms with Crippen molar-refractivity contribution in [3.05, 3.63) is 71.0 Å². The van der Waals surface area contributed by atoms with Crippen molar-refractivity contribution in [1.29, 1.82) is 0 Å². The fourth-order valence-electron chi connectivity index (χ4n) is 3.29. The predicted molar refractivity (Wildman–Crippen MR) is 128 cm³/mol. The van der Waals surface area contributed by atoms with Crippen molar-refractivity contribution in [1.82, 2.24) is 19.3 Å². The number of imidazole rings is 1. The molecule has 0 saturated carbocycles. The summed E-state index contributed by atoms with van der Waals surface area (Å²) in [7, 11) is 1.61. The van der Waals surface area contributed by atoms with Crippen LogP contribution in [0.3, 0.4) is 0 Å². The van der Waals surface area contributed by atoms with E-state index in [0.29, 0.717) is 24.2 Å². The lowest BCUT2D eigenvalue weighted by Gasteiger charge is -2.10. The highest BCUT2D eigenvalue weighted by atomic mass is 35.5. The number of aryl methyl sites for hydroxylation is 1. The standard InChI is InChI=1S/C23H23ClN4O4S/c1-31-8-9-32-15-27-20-11-18(24)21(33-10-7-16-5-3-2-4-6-16)12-19(20)26-23(27)28-14-17(13-25-28)22(29)30/h2-6,11-14H,7-10,15H2,1H3,(H,29,30). The number of hydrogen-bond donors (Lipinski definition) is 1. The van der Waals surface area contributed by atoms with Gasteiger partial charge in [0.15, 0.2) is 0 Å². The van der Waals surface area contributed by atoms with E-state index in [0.717, 1.165) is 28.1 Å². The van der Waals surface area contributed by atoms with Gasteiger partial charge in [-0.3, -0.25) is 4.57 Å². The second-order valence-corrected chi connectivity index (χ2v) is 8.75. The van der Waals surface area contributed by atoms with Gasteiger partial charge in [0, 0.05) is 24.0 Å². The van der Waals surface area contributed by atoms with E-state index in [2.05, 4.69) is 17.2 Å². The molecule has 0 fully saturated rings. The summed E-state index contributed by atoms with van der Waals surface area (Å²) in [5, 5.41) is 14.0. The second-order valence-electron chi connectivity index (χ2n) is 7.20. The average Bonchev–Trinajstić information content (AvgIpc) is 3.43. The smallest absolute Gasteiger partial charge is 0.338 e. The molecular formula is C23H23ClN4O4S. The van der Waals surface area contributed by atoms with Gasteiger partial charge in [-0.25, -0.2) is 14.5 Å². The van der Waals surface area contributed by atoms with Crippen molar-refractivity contribution in [2.45, 2.75) is 18.0 Å². The first-order chi connectivity index (χ1) is 16.1. The quantitative estimate of drug-likeness (QED) is 0.246. The number of halogens is 1. The summed E-state index contributed by atoms with van der Waals surface area (Å²) in [5.74, 6) is 0.266. The Balaban J connectivity index is 1.63. The highest BCUT2D eigenvalue weighted by Crippen LogP contribution is 2.33. The van der Waals surface area contributed by atoms with E-state index in [1.165, 1.54) is 22.6 Å². The molecule has 0 amide bonds. The van der Waals surface area contributed by atoms with Gasteiger partial charge in [-0.1, -0.05) is 41.9 Å². The molecule has 2 aromatic heterocycles. The van der Waals surface area contributed by atoms with E-state index in [9.17, 15) is 9.90 Å². The number of hydrogen-bond acceptors (Lipinski definition) is 6. The molecule has 0 saturated heterocycles. The largest absolute Gasteiger partial charge is 0.478 e. The van der Waals surface area contributed by atoms with Gasteiger partial charge in [-0.15, -0.1) is 11.8 Å². The number of methoxy groups -OCH3 is 1. The number of aromatic carboxylic acids is 1. The molecule has 0 aliphatic rings. The summed E-state index contributed by atoms with van der Waals surface area (Å²) in [6, 6.07) is 14.1. The molecule has 2 heterocycles. The lowest BCUT2D eigenvalue weighted by Crippen LogP contribution is -2.12. The van der Waals surface area contributed by atoms with Crippen LogP contribution in [0.2, 0.25) is 5.02 Å². The average molecular weight is 487 g/mol. The predicted octanol–water partition coefficient (Wildman–Crippen LogP) is 4.53. The summed E-state index contributed by atoms with van der Waals surface area (Å²) in [4.78, 5) is 16.9. The summed E-state index contributed by atoms with van der Waals surface area (Å²) >= 11 is 8.29. The zero-order chi connectivity index (χ0) is 23.2. The lowest BCUT2D eigenvalue weighted by atomic mass is 10.2. The first-order valence-electron chi connectivity index (χ1n) is 10.3. The van der Waals surface area contributed by atoms with Crippen LogP contribution >= 0.6 is 23.4 Å². The topological polar surface area (TPSA) is 91.4 Å². The fraction of sp³-hybridized carbons (Fsp3) is 0.261. The lowest BCUT2D eigenvalue weighted by molar-refractivity contribution is 0.0356. The first kappa shape index (κ1) is 23.3. The third-order valence-corrected chi connectivity index (χ3v) is 6.44. The van der Waals surface area contributed by atoms with Crippen LogP contribution in [0.15, 0.2) is 59.8 Å². The van der Waals surface area contributed by atoms with E-state index >= 15 is 0 Å². The van der Waals surface area contributed by atoms with Crippen molar-refractivity contribution in [3.63, 3.8) is 0 Å².